The first kappa shape index (κ1) is 26.2. The average molecular weight is 533 g/mol. The standard InChI is InChI=1S/C33H24O7/c1-37-26-17-19-29-27(20-26)30(31(40-29)23-6-4-3-5-7-23)33(36)39-25-15-13-22(14-16-25)28(34)18-10-21-8-11-24(12-9-21)32(35)38-2/h3-20H,1-2H3/b18-10+. The molecule has 0 unspecified atom stereocenters. The summed E-state index contributed by atoms with van der Waals surface area (Å²) in [6.07, 6.45) is 3.09. The number of esters is 2. The number of allylic oxidation sites excluding steroid dienone is 1. The molecule has 40 heavy (non-hydrogen) atoms. The third kappa shape index (κ3) is 5.54. The molecular formula is C33H24O7. The van der Waals surface area contributed by atoms with E-state index in [1.54, 1.807) is 79.9 Å². The number of rotatable bonds is 8. The van der Waals surface area contributed by atoms with E-state index in [-0.39, 0.29) is 17.1 Å². The van der Waals surface area contributed by atoms with Crippen LogP contribution in [0.3, 0.4) is 0 Å². The summed E-state index contributed by atoms with van der Waals surface area (Å²) in [7, 11) is 2.87. The first-order valence-electron chi connectivity index (χ1n) is 12.4. The Balaban J connectivity index is 1.34. The van der Waals surface area contributed by atoms with Crippen LogP contribution in [0.5, 0.6) is 11.5 Å². The van der Waals surface area contributed by atoms with Crippen molar-refractivity contribution in [3.8, 4) is 22.8 Å². The van der Waals surface area contributed by atoms with Crippen LogP contribution < -0.4 is 9.47 Å². The van der Waals surface area contributed by atoms with Gasteiger partial charge in [0.1, 0.15) is 28.4 Å². The molecule has 0 radical (unpaired) electrons. The van der Waals surface area contributed by atoms with E-state index in [9.17, 15) is 14.4 Å². The molecule has 0 saturated carbocycles. The maximum absolute atomic E-state index is 13.4. The van der Waals surface area contributed by atoms with Gasteiger partial charge in [0.2, 0.25) is 0 Å². The summed E-state index contributed by atoms with van der Waals surface area (Å²) in [6.45, 7) is 0. The Kier molecular flexibility index (Phi) is 7.55. The Morgan fingerprint density at radius 1 is 0.725 bits per heavy atom. The molecule has 0 amide bonds. The Morgan fingerprint density at radius 3 is 2.08 bits per heavy atom. The Labute approximate surface area is 230 Å². The van der Waals surface area contributed by atoms with Gasteiger partial charge in [-0.05, 0) is 66.2 Å². The topological polar surface area (TPSA) is 92.0 Å². The summed E-state index contributed by atoms with van der Waals surface area (Å²) < 4.78 is 21.8. The fourth-order valence-corrected chi connectivity index (χ4v) is 4.16. The van der Waals surface area contributed by atoms with Crippen molar-refractivity contribution in [2.75, 3.05) is 14.2 Å². The molecule has 0 N–H and O–H groups in total. The normalized spacial score (nSPS) is 10.9. The van der Waals surface area contributed by atoms with Gasteiger partial charge in [-0.25, -0.2) is 9.59 Å². The summed E-state index contributed by atoms with van der Waals surface area (Å²) in [6, 6.07) is 27.6. The minimum atomic E-state index is -0.597. The molecule has 5 rings (SSSR count). The summed E-state index contributed by atoms with van der Waals surface area (Å²) >= 11 is 0. The van der Waals surface area contributed by atoms with Crippen LogP contribution in [0.15, 0.2) is 108 Å². The smallest absolute Gasteiger partial charge is 0.348 e. The molecule has 0 spiro atoms. The number of carbonyl (C=O) groups excluding carboxylic acids is 3. The molecule has 0 fully saturated rings. The average Bonchev–Trinajstić information content (AvgIpc) is 3.39. The molecule has 0 atom stereocenters. The van der Waals surface area contributed by atoms with Gasteiger partial charge in [-0.2, -0.15) is 0 Å². The van der Waals surface area contributed by atoms with E-state index in [0.29, 0.717) is 33.6 Å². The van der Waals surface area contributed by atoms with Crippen LogP contribution in [0, 0.1) is 0 Å². The molecule has 7 heteroatoms. The predicted octanol–water partition coefficient (Wildman–Crippen LogP) is 7.01. The lowest BCUT2D eigenvalue weighted by molar-refractivity contribution is 0.0600. The Hall–Kier alpha value is -5.43. The van der Waals surface area contributed by atoms with Gasteiger partial charge < -0.3 is 18.6 Å². The molecule has 0 aliphatic rings. The van der Waals surface area contributed by atoms with Crippen molar-refractivity contribution in [2.24, 2.45) is 0 Å². The van der Waals surface area contributed by atoms with E-state index in [0.717, 1.165) is 11.1 Å². The molecule has 198 valence electrons. The molecule has 1 aromatic heterocycles. The Bertz CT molecular complexity index is 1710. The zero-order valence-electron chi connectivity index (χ0n) is 21.8. The van der Waals surface area contributed by atoms with Crippen molar-refractivity contribution in [1.29, 1.82) is 0 Å². The lowest BCUT2D eigenvalue weighted by atomic mass is 10.1. The summed E-state index contributed by atoms with van der Waals surface area (Å²) in [5.74, 6) is 0.00157. The lowest BCUT2D eigenvalue weighted by Crippen LogP contribution is -2.09. The minimum Gasteiger partial charge on any atom is -0.497 e. The number of hydrogen-bond acceptors (Lipinski definition) is 7. The maximum atomic E-state index is 13.4. The van der Waals surface area contributed by atoms with E-state index in [4.69, 9.17) is 13.9 Å². The van der Waals surface area contributed by atoms with Crippen LogP contribution >= 0.6 is 0 Å². The molecule has 0 saturated heterocycles. The number of hydrogen-bond donors (Lipinski definition) is 0. The zero-order chi connectivity index (χ0) is 28.1. The van der Waals surface area contributed by atoms with Gasteiger partial charge in [-0.1, -0.05) is 48.5 Å². The largest absolute Gasteiger partial charge is 0.497 e. The summed E-state index contributed by atoms with van der Waals surface area (Å²) in [5.41, 5.74) is 3.14. The molecular weight excluding hydrogens is 508 g/mol. The van der Waals surface area contributed by atoms with E-state index in [1.807, 2.05) is 30.3 Å². The van der Waals surface area contributed by atoms with Gasteiger partial charge in [0.15, 0.2) is 5.78 Å². The molecule has 0 aliphatic heterocycles. The number of benzene rings is 4. The highest BCUT2D eigenvalue weighted by Gasteiger charge is 2.24. The number of carbonyl (C=O) groups is 3. The molecule has 5 aromatic rings. The van der Waals surface area contributed by atoms with Crippen molar-refractivity contribution in [3.05, 3.63) is 125 Å². The zero-order valence-corrected chi connectivity index (χ0v) is 21.8. The lowest BCUT2D eigenvalue weighted by Gasteiger charge is -2.06. The van der Waals surface area contributed by atoms with Gasteiger partial charge in [0, 0.05) is 16.5 Å². The van der Waals surface area contributed by atoms with Crippen molar-refractivity contribution in [1.82, 2.24) is 0 Å². The minimum absolute atomic E-state index is 0.228. The van der Waals surface area contributed by atoms with E-state index in [2.05, 4.69) is 4.74 Å². The van der Waals surface area contributed by atoms with Gasteiger partial charge in [0.25, 0.3) is 0 Å². The second kappa shape index (κ2) is 11.5. The summed E-state index contributed by atoms with van der Waals surface area (Å²) in [5, 5.41) is 0.569. The second-order valence-electron chi connectivity index (χ2n) is 8.76. The SMILES string of the molecule is COC(=O)c1ccc(/C=C/C(=O)c2ccc(OC(=O)c3c(-c4ccccc4)oc4ccc(OC)cc34)cc2)cc1. The number of ketones is 1. The van der Waals surface area contributed by atoms with Crippen molar-refractivity contribution in [2.45, 2.75) is 0 Å². The van der Waals surface area contributed by atoms with Crippen LogP contribution in [0.1, 0.15) is 36.6 Å². The quantitative estimate of drug-likeness (QED) is 0.0918. The number of furan rings is 1. The number of ether oxygens (including phenoxy) is 3. The van der Waals surface area contributed by atoms with Crippen molar-refractivity contribution in [3.63, 3.8) is 0 Å². The van der Waals surface area contributed by atoms with Gasteiger partial charge >= 0.3 is 11.9 Å². The molecule has 7 nitrogen and oxygen atoms in total. The first-order valence-corrected chi connectivity index (χ1v) is 12.4. The fourth-order valence-electron chi connectivity index (χ4n) is 4.16. The molecule has 0 aliphatic carbocycles. The highest BCUT2D eigenvalue weighted by molar-refractivity contribution is 6.10. The van der Waals surface area contributed by atoms with Crippen molar-refractivity contribution < 1.29 is 33.0 Å². The second-order valence-corrected chi connectivity index (χ2v) is 8.76. The third-order valence-electron chi connectivity index (χ3n) is 6.24. The molecule has 4 aromatic carbocycles. The van der Waals surface area contributed by atoms with Crippen LogP contribution in [-0.4, -0.2) is 31.9 Å². The first-order chi connectivity index (χ1) is 19.5. The van der Waals surface area contributed by atoms with E-state index < -0.39 is 11.9 Å². The molecule has 0 bridgehead atoms. The van der Waals surface area contributed by atoms with Crippen LogP contribution in [0.2, 0.25) is 0 Å². The highest BCUT2D eigenvalue weighted by Crippen LogP contribution is 2.36. The number of fused-ring (bicyclic) bond motifs is 1. The third-order valence-corrected chi connectivity index (χ3v) is 6.24. The fraction of sp³-hybridized carbons (Fsp3) is 0.0606. The van der Waals surface area contributed by atoms with Gasteiger partial charge in [0.05, 0.1) is 19.8 Å². The van der Waals surface area contributed by atoms with Crippen LogP contribution in [0.4, 0.5) is 0 Å². The Morgan fingerprint density at radius 2 is 1.40 bits per heavy atom. The number of methoxy groups -OCH3 is 2. The maximum Gasteiger partial charge on any atom is 0.348 e. The van der Waals surface area contributed by atoms with Crippen LogP contribution in [-0.2, 0) is 4.74 Å². The van der Waals surface area contributed by atoms with Crippen molar-refractivity contribution >= 4 is 34.8 Å². The predicted molar refractivity (Wildman–Crippen MR) is 151 cm³/mol. The monoisotopic (exact) mass is 532 g/mol. The summed E-state index contributed by atoms with van der Waals surface area (Å²) in [4.78, 5) is 37.7. The highest BCUT2D eigenvalue weighted by atomic mass is 16.5. The van der Waals surface area contributed by atoms with E-state index >= 15 is 0 Å². The van der Waals surface area contributed by atoms with Crippen LogP contribution in [0.25, 0.3) is 28.4 Å². The molecule has 1 heterocycles. The van der Waals surface area contributed by atoms with Gasteiger partial charge in [-0.3, -0.25) is 4.79 Å². The van der Waals surface area contributed by atoms with E-state index in [1.165, 1.54) is 13.2 Å². The van der Waals surface area contributed by atoms with Gasteiger partial charge in [-0.15, -0.1) is 0 Å².